The molecule has 20 heavy (non-hydrogen) atoms. The minimum Gasteiger partial charge on any atom is -0.478 e. The maximum absolute atomic E-state index is 5.61. The van der Waals surface area contributed by atoms with E-state index in [0.717, 1.165) is 25.9 Å². The predicted molar refractivity (Wildman–Crippen MR) is 79.0 cm³/mol. The molecule has 0 aliphatic carbocycles. The number of pyridine rings is 1. The van der Waals surface area contributed by atoms with Crippen LogP contribution in [-0.2, 0) is 16.0 Å². The summed E-state index contributed by atoms with van der Waals surface area (Å²) in [6.45, 7) is 6.60. The Balaban J connectivity index is 2.14. The SMILES string of the molecule is CCCNCc1ccnc(OCCCOCCOC)c1. The summed E-state index contributed by atoms with van der Waals surface area (Å²) in [6.07, 6.45) is 3.77. The Morgan fingerprint density at radius 3 is 2.90 bits per heavy atom. The number of hydrogen-bond acceptors (Lipinski definition) is 5. The second-order valence-electron chi connectivity index (χ2n) is 4.49. The Morgan fingerprint density at radius 1 is 1.20 bits per heavy atom. The number of aromatic nitrogens is 1. The van der Waals surface area contributed by atoms with Gasteiger partial charge in [-0.3, -0.25) is 0 Å². The lowest BCUT2D eigenvalue weighted by molar-refractivity contribution is 0.0642. The van der Waals surface area contributed by atoms with Crippen LogP contribution in [0.25, 0.3) is 0 Å². The number of rotatable bonds is 12. The Morgan fingerprint density at radius 2 is 2.10 bits per heavy atom. The number of ether oxygens (including phenoxy) is 3. The number of nitrogens with one attached hydrogen (secondary N) is 1. The van der Waals surface area contributed by atoms with Crippen molar-refractivity contribution in [1.29, 1.82) is 0 Å². The number of hydrogen-bond donors (Lipinski definition) is 1. The molecule has 0 aliphatic rings. The highest BCUT2D eigenvalue weighted by Crippen LogP contribution is 2.09. The summed E-state index contributed by atoms with van der Waals surface area (Å²) in [7, 11) is 1.67. The van der Waals surface area contributed by atoms with Crippen molar-refractivity contribution in [2.45, 2.75) is 26.3 Å². The number of methoxy groups -OCH3 is 1. The summed E-state index contributed by atoms with van der Waals surface area (Å²) in [5.41, 5.74) is 1.19. The molecule has 0 unspecified atom stereocenters. The van der Waals surface area contributed by atoms with Crippen molar-refractivity contribution >= 4 is 0 Å². The topological polar surface area (TPSA) is 52.6 Å². The van der Waals surface area contributed by atoms with Crippen molar-refractivity contribution in [1.82, 2.24) is 10.3 Å². The highest BCUT2D eigenvalue weighted by atomic mass is 16.5. The fourth-order valence-electron chi connectivity index (χ4n) is 1.63. The van der Waals surface area contributed by atoms with E-state index in [0.29, 0.717) is 32.3 Å². The van der Waals surface area contributed by atoms with E-state index in [1.54, 1.807) is 13.3 Å². The van der Waals surface area contributed by atoms with Gasteiger partial charge in [0.25, 0.3) is 0 Å². The first-order valence-corrected chi connectivity index (χ1v) is 7.22. The van der Waals surface area contributed by atoms with Crippen LogP contribution in [0.4, 0.5) is 0 Å². The third-order valence-electron chi connectivity index (χ3n) is 2.67. The Bertz CT molecular complexity index is 348. The van der Waals surface area contributed by atoms with Crippen LogP contribution < -0.4 is 10.1 Å². The molecule has 0 saturated carbocycles. The summed E-state index contributed by atoms with van der Waals surface area (Å²) >= 11 is 0. The van der Waals surface area contributed by atoms with E-state index in [-0.39, 0.29) is 0 Å². The van der Waals surface area contributed by atoms with Crippen molar-refractivity contribution in [2.75, 3.05) is 40.1 Å². The van der Waals surface area contributed by atoms with Crippen LogP contribution in [0, 0.1) is 0 Å². The molecule has 0 atom stereocenters. The van der Waals surface area contributed by atoms with Gasteiger partial charge >= 0.3 is 0 Å². The fraction of sp³-hybridized carbons (Fsp3) is 0.667. The summed E-state index contributed by atoms with van der Waals surface area (Å²) in [4.78, 5) is 4.20. The van der Waals surface area contributed by atoms with Crippen LogP contribution in [0.5, 0.6) is 5.88 Å². The lowest BCUT2D eigenvalue weighted by atomic mass is 10.2. The smallest absolute Gasteiger partial charge is 0.213 e. The molecule has 0 amide bonds. The minimum absolute atomic E-state index is 0.617. The minimum atomic E-state index is 0.617. The zero-order valence-electron chi connectivity index (χ0n) is 12.6. The van der Waals surface area contributed by atoms with Gasteiger partial charge in [0.05, 0.1) is 19.8 Å². The molecule has 1 rings (SSSR count). The summed E-state index contributed by atoms with van der Waals surface area (Å²) in [6, 6.07) is 3.98. The van der Waals surface area contributed by atoms with Gasteiger partial charge in [-0.1, -0.05) is 6.92 Å². The molecular weight excluding hydrogens is 256 g/mol. The monoisotopic (exact) mass is 282 g/mol. The van der Waals surface area contributed by atoms with Gasteiger partial charge in [0.2, 0.25) is 5.88 Å². The first-order valence-electron chi connectivity index (χ1n) is 7.22. The molecule has 0 aliphatic heterocycles. The highest BCUT2D eigenvalue weighted by Gasteiger charge is 1.98. The average molecular weight is 282 g/mol. The molecule has 5 nitrogen and oxygen atoms in total. The molecule has 1 heterocycles. The normalized spacial score (nSPS) is 10.7. The summed E-state index contributed by atoms with van der Waals surface area (Å²) in [5, 5.41) is 3.36. The van der Waals surface area contributed by atoms with E-state index in [4.69, 9.17) is 14.2 Å². The predicted octanol–water partition coefficient (Wildman–Crippen LogP) is 2.01. The van der Waals surface area contributed by atoms with E-state index in [1.807, 2.05) is 12.1 Å². The van der Waals surface area contributed by atoms with Crippen LogP contribution in [0.15, 0.2) is 18.3 Å². The molecule has 0 spiro atoms. The van der Waals surface area contributed by atoms with Crippen molar-refractivity contribution in [3.63, 3.8) is 0 Å². The van der Waals surface area contributed by atoms with Crippen LogP contribution in [0.2, 0.25) is 0 Å². The van der Waals surface area contributed by atoms with Crippen LogP contribution in [0.1, 0.15) is 25.3 Å². The van der Waals surface area contributed by atoms with Crippen molar-refractivity contribution in [3.8, 4) is 5.88 Å². The lowest BCUT2D eigenvalue weighted by Crippen LogP contribution is -2.14. The van der Waals surface area contributed by atoms with E-state index in [2.05, 4.69) is 17.2 Å². The van der Waals surface area contributed by atoms with Gasteiger partial charge in [-0.2, -0.15) is 0 Å². The standard InChI is InChI=1S/C15H26N2O3/c1-3-6-16-13-14-5-7-17-15(12-14)20-9-4-8-19-11-10-18-2/h5,7,12,16H,3-4,6,8-11,13H2,1-2H3. The van der Waals surface area contributed by atoms with E-state index in [9.17, 15) is 0 Å². The molecule has 0 radical (unpaired) electrons. The van der Waals surface area contributed by atoms with Gasteiger partial charge in [0, 0.05) is 38.9 Å². The van der Waals surface area contributed by atoms with Gasteiger partial charge in [-0.15, -0.1) is 0 Å². The summed E-state index contributed by atoms with van der Waals surface area (Å²) in [5.74, 6) is 0.678. The molecule has 1 N–H and O–H groups in total. The Kier molecular flexibility index (Phi) is 9.83. The molecule has 1 aromatic rings. The fourth-order valence-corrected chi connectivity index (χ4v) is 1.63. The zero-order chi connectivity index (χ0) is 14.5. The number of nitrogens with zero attached hydrogens (tertiary/aromatic N) is 1. The maximum atomic E-state index is 5.61. The largest absolute Gasteiger partial charge is 0.478 e. The molecule has 0 aromatic carbocycles. The van der Waals surface area contributed by atoms with Gasteiger partial charge in [0.15, 0.2) is 0 Å². The van der Waals surface area contributed by atoms with E-state index < -0.39 is 0 Å². The molecule has 1 aromatic heterocycles. The van der Waals surface area contributed by atoms with Crippen LogP contribution in [0.3, 0.4) is 0 Å². The van der Waals surface area contributed by atoms with Crippen LogP contribution >= 0.6 is 0 Å². The average Bonchev–Trinajstić information content (AvgIpc) is 2.47. The molecular formula is C15H26N2O3. The zero-order valence-corrected chi connectivity index (χ0v) is 12.6. The highest BCUT2D eigenvalue weighted by molar-refractivity contribution is 5.20. The van der Waals surface area contributed by atoms with Crippen LogP contribution in [-0.4, -0.2) is 45.1 Å². The van der Waals surface area contributed by atoms with Gasteiger partial charge in [-0.05, 0) is 24.6 Å². The van der Waals surface area contributed by atoms with Gasteiger partial charge in [-0.25, -0.2) is 4.98 Å². The lowest BCUT2D eigenvalue weighted by Gasteiger charge is -2.08. The van der Waals surface area contributed by atoms with Gasteiger partial charge < -0.3 is 19.5 Å². The van der Waals surface area contributed by atoms with Gasteiger partial charge in [0.1, 0.15) is 0 Å². The maximum Gasteiger partial charge on any atom is 0.213 e. The van der Waals surface area contributed by atoms with Crippen molar-refractivity contribution in [2.24, 2.45) is 0 Å². The van der Waals surface area contributed by atoms with E-state index in [1.165, 1.54) is 5.56 Å². The Hall–Kier alpha value is -1.17. The molecule has 114 valence electrons. The first-order chi connectivity index (χ1) is 9.86. The molecule has 0 saturated heterocycles. The second kappa shape index (κ2) is 11.6. The first kappa shape index (κ1) is 16.9. The third kappa shape index (κ3) is 8.09. The third-order valence-corrected chi connectivity index (χ3v) is 2.67. The molecule has 0 fully saturated rings. The Labute approximate surface area is 121 Å². The molecule has 0 bridgehead atoms. The summed E-state index contributed by atoms with van der Waals surface area (Å²) < 4.78 is 15.9. The van der Waals surface area contributed by atoms with Crippen molar-refractivity contribution < 1.29 is 14.2 Å². The molecule has 5 heteroatoms. The van der Waals surface area contributed by atoms with Crippen molar-refractivity contribution in [3.05, 3.63) is 23.9 Å². The quantitative estimate of drug-likeness (QED) is 0.594. The van der Waals surface area contributed by atoms with E-state index >= 15 is 0 Å². The second-order valence-corrected chi connectivity index (χ2v) is 4.49.